The summed E-state index contributed by atoms with van der Waals surface area (Å²) in [5.41, 5.74) is 2.24. The molecule has 6 heteroatoms. The third-order valence-electron chi connectivity index (χ3n) is 3.05. The number of hydrogen-bond donors (Lipinski definition) is 0. The predicted octanol–water partition coefficient (Wildman–Crippen LogP) is 4.19. The van der Waals surface area contributed by atoms with E-state index in [1.54, 1.807) is 11.3 Å². The summed E-state index contributed by atoms with van der Waals surface area (Å²) in [5.74, 6) is 1.28. The molecule has 0 saturated carbocycles. The molecule has 0 amide bonds. The number of rotatable bonds is 5. The molecular weight excluding hydrogens is 350 g/mol. The first-order valence-electron chi connectivity index (χ1n) is 6.49. The monoisotopic (exact) mass is 363 g/mol. The lowest BCUT2D eigenvalue weighted by Gasteiger charge is -2.15. The molecule has 108 valence electrons. The predicted molar refractivity (Wildman–Crippen MR) is 86.9 cm³/mol. The van der Waals surface area contributed by atoms with E-state index >= 15 is 0 Å². The maximum atomic E-state index is 5.32. The standard InChI is InChI=1S/C15H14BrN3OS/c1-19(8-11-4-2-3-5-13(11)16)9-14-17-15(18-20-14)12-6-7-21-10-12/h2-7,10H,8-9H2,1H3. The van der Waals surface area contributed by atoms with Gasteiger partial charge in [0.15, 0.2) is 0 Å². The Bertz CT molecular complexity index is 711. The van der Waals surface area contributed by atoms with E-state index in [1.807, 2.05) is 42.1 Å². The summed E-state index contributed by atoms with van der Waals surface area (Å²) in [5, 5.41) is 8.04. The molecule has 21 heavy (non-hydrogen) atoms. The molecule has 3 rings (SSSR count). The van der Waals surface area contributed by atoms with Crippen LogP contribution in [0.15, 0.2) is 50.1 Å². The van der Waals surface area contributed by atoms with E-state index in [4.69, 9.17) is 4.52 Å². The Morgan fingerprint density at radius 1 is 1.24 bits per heavy atom. The fourth-order valence-corrected chi connectivity index (χ4v) is 3.08. The molecule has 0 fully saturated rings. The van der Waals surface area contributed by atoms with Gasteiger partial charge < -0.3 is 4.52 Å². The van der Waals surface area contributed by atoms with Gasteiger partial charge in [-0.25, -0.2) is 0 Å². The smallest absolute Gasteiger partial charge is 0.241 e. The number of thiophene rings is 1. The van der Waals surface area contributed by atoms with Crippen LogP contribution in [0, 0.1) is 0 Å². The first-order valence-corrected chi connectivity index (χ1v) is 8.23. The second-order valence-corrected chi connectivity index (χ2v) is 6.42. The van der Waals surface area contributed by atoms with E-state index in [-0.39, 0.29) is 0 Å². The van der Waals surface area contributed by atoms with E-state index < -0.39 is 0 Å². The van der Waals surface area contributed by atoms with Gasteiger partial charge in [-0.05, 0) is 30.1 Å². The summed E-state index contributed by atoms with van der Waals surface area (Å²) in [4.78, 5) is 6.58. The van der Waals surface area contributed by atoms with Crippen molar-refractivity contribution in [3.8, 4) is 11.4 Å². The van der Waals surface area contributed by atoms with E-state index in [1.165, 1.54) is 5.56 Å². The van der Waals surface area contributed by atoms with E-state index in [0.717, 1.165) is 16.6 Å². The summed E-state index contributed by atoms with van der Waals surface area (Å²) >= 11 is 5.19. The first kappa shape index (κ1) is 14.4. The minimum atomic E-state index is 0.623. The van der Waals surface area contributed by atoms with Crippen molar-refractivity contribution in [1.82, 2.24) is 15.0 Å². The molecule has 0 aliphatic carbocycles. The third kappa shape index (κ3) is 3.58. The van der Waals surface area contributed by atoms with Gasteiger partial charge in [-0.3, -0.25) is 4.90 Å². The van der Waals surface area contributed by atoms with Crippen LogP contribution in [0.3, 0.4) is 0 Å². The van der Waals surface area contributed by atoms with E-state index in [9.17, 15) is 0 Å². The second kappa shape index (κ2) is 6.51. The molecule has 0 spiro atoms. The summed E-state index contributed by atoms with van der Waals surface area (Å²) < 4.78 is 6.43. The van der Waals surface area contributed by atoms with Crippen molar-refractivity contribution in [2.75, 3.05) is 7.05 Å². The first-order chi connectivity index (χ1) is 10.2. The zero-order valence-corrected chi connectivity index (χ0v) is 13.9. The minimum Gasteiger partial charge on any atom is -0.338 e. The van der Waals surface area contributed by atoms with Crippen molar-refractivity contribution >= 4 is 27.3 Å². The van der Waals surface area contributed by atoms with Gasteiger partial charge in [0.1, 0.15) is 0 Å². The number of halogens is 1. The Morgan fingerprint density at radius 2 is 2.10 bits per heavy atom. The van der Waals surface area contributed by atoms with Gasteiger partial charge in [0, 0.05) is 22.0 Å². The SMILES string of the molecule is CN(Cc1nc(-c2ccsc2)no1)Cc1ccccc1Br. The number of benzene rings is 1. The normalized spacial score (nSPS) is 11.2. The van der Waals surface area contributed by atoms with Gasteiger partial charge in [0.2, 0.25) is 11.7 Å². The van der Waals surface area contributed by atoms with Gasteiger partial charge >= 0.3 is 0 Å². The molecule has 0 aliphatic heterocycles. The summed E-state index contributed by atoms with van der Waals surface area (Å²) in [6.45, 7) is 1.44. The number of hydrogen-bond acceptors (Lipinski definition) is 5. The van der Waals surface area contributed by atoms with E-state index in [2.05, 4.69) is 37.0 Å². The van der Waals surface area contributed by atoms with Crippen LogP contribution >= 0.6 is 27.3 Å². The highest BCUT2D eigenvalue weighted by atomic mass is 79.9. The lowest BCUT2D eigenvalue weighted by molar-refractivity contribution is 0.260. The Balaban J connectivity index is 1.65. The highest BCUT2D eigenvalue weighted by Gasteiger charge is 2.12. The topological polar surface area (TPSA) is 42.2 Å². The summed E-state index contributed by atoms with van der Waals surface area (Å²) in [7, 11) is 2.04. The fraction of sp³-hybridized carbons (Fsp3) is 0.200. The number of aromatic nitrogens is 2. The van der Waals surface area contributed by atoms with Crippen LogP contribution in [-0.2, 0) is 13.1 Å². The molecule has 0 saturated heterocycles. The Morgan fingerprint density at radius 3 is 2.86 bits per heavy atom. The highest BCUT2D eigenvalue weighted by molar-refractivity contribution is 9.10. The average Bonchev–Trinajstić information content (AvgIpc) is 3.12. The van der Waals surface area contributed by atoms with Crippen LogP contribution in [-0.4, -0.2) is 22.1 Å². The summed E-state index contributed by atoms with van der Waals surface area (Å²) in [6.07, 6.45) is 0. The molecule has 2 aromatic heterocycles. The molecule has 0 aliphatic rings. The van der Waals surface area contributed by atoms with Crippen LogP contribution < -0.4 is 0 Å². The molecule has 3 aromatic rings. The third-order valence-corrected chi connectivity index (χ3v) is 4.51. The Labute approximate surface area is 135 Å². The Hall–Kier alpha value is -1.50. The maximum Gasteiger partial charge on any atom is 0.241 e. The van der Waals surface area contributed by atoms with Crippen molar-refractivity contribution in [3.05, 3.63) is 57.0 Å². The molecule has 0 bridgehead atoms. The molecule has 0 unspecified atom stereocenters. The average molecular weight is 364 g/mol. The van der Waals surface area contributed by atoms with Gasteiger partial charge in [-0.15, -0.1) is 0 Å². The van der Waals surface area contributed by atoms with E-state index in [0.29, 0.717) is 18.3 Å². The van der Waals surface area contributed by atoms with Crippen LogP contribution in [0.5, 0.6) is 0 Å². The molecule has 0 atom stereocenters. The molecular formula is C15H14BrN3OS. The van der Waals surface area contributed by atoms with Gasteiger partial charge in [0.25, 0.3) is 0 Å². The van der Waals surface area contributed by atoms with Crippen LogP contribution in [0.2, 0.25) is 0 Å². The fourth-order valence-electron chi connectivity index (χ4n) is 2.03. The van der Waals surface area contributed by atoms with Crippen molar-refractivity contribution in [2.24, 2.45) is 0 Å². The number of nitrogens with zero attached hydrogens (tertiary/aromatic N) is 3. The summed E-state index contributed by atoms with van der Waals surface area (Å²) in [6, 6.07) is 10.2. The Kier molecular flexibility index (Phi) is 4.48. The lowest BCUT2D eigenvalue weighted by atomic mass is 10.2. The quantitative estimate of drug-likeness (QED) is 0.681. The molecule has 0 radical (unpaired) electrons. The van der Waals surface area contributed by atoms with Crippen molar-refractivity contribution < 1.29 is 4.52 Å². The van der Waals surface area contributed by atoms with Crippen molar-refractivity contribution in [1.29, 1.82) is 0 Å². The minimum absolute atomic E-state index is 0.623. The van der Waals surface area contributed by atoms with Gasteiger partial charge in [-0.2, -0.15) is 16.3 Å². The maximum absolute atomic E-state index is 5.32. The van der Waals surface area contributed by atoms with Gasteiger partial charge in [0.05, 0.1) is 6.54 Å². The zero-order valence-electron chi connectivity index (χ0n) is 11.5. The van der Waals surface area contributed by atoms with Crippen LogP contribution in [0.4, 0.5) is 0 Å². The molecule has 1 aromatic carbocycles. The van der Waals surface area contributed by atoms with Crippen LogP contribution in [0.25, 0.3) is 11.4 Å². The largest absolute Gasteiger partial charge is 0.338 e. The molecule has 0 N–H and O–H groups in total. The van der Waals surface area contributed by atoms with Crippen molar-refractivity contribution in [2.45, 2.75) is 13.1 Å². The lowest BCUT2D eigenvalue weighted by Crippen LogP contribution is -2.17. The second-order valence-electron chi connectivity index (χ2n) is 4.79. The zero-order chi connectivity index (χ0) is 14.7. The van der Waals surface area contributed by atoms with Crippen molar-refractivity contribution in [3.63, 3.8) is 0 Å². The molecule has 4 nitrogen and oxygen atoms in total. The molecule has 2 heterocycles. The van der Waals surface area contributed by atoms with Gasteiger partial charge in [-0.1, -0.05) is 39.3 Å². The highest BCUT2D eigenvalue weighted by Crippen LogP contribution is 2.20. The van der Waals surface area contributed by atoms with Crippen LogP contribution in [0.1, 0.15) is 11.5 Å².